The molecule has 0 saturated heterocycles. The zero-order chi connectivity index (χ0) is 13.4. The van der Waals surface area contributed by atoms with Gasteiger partial charge in [0.05, 0.1) is 4.90 Å². The average Bonchev–Trinajstić information content (AvgIpc) is 2.33. The van der Waals surface area contributed by atoms with Crippen LogP contribution < -0.4 is 10.5 Å². The minimum atomic E-state index is -3.45. The molecular formula is C12H20N2O3S. The maximum absolute atomic E-state index is 11.9. The van der Waals surface area contributed by atoms with E-state index in [1.165, 1.54) is 12.1 Å². The Morgan fingerprint density at radius 3 is 2.56 bits per heavy atom. The smallest absolute Gasteiger partial charge is 0.240 e. The van der Waals surface area contributed by atoms with Crippen LogP contribution >= 0.6 is 0 Å². The standard InChI is InChI=1S/C12H20N2O3S/c13-11-6-5-7-12(10-11)18(16,17)14-8-3-1-2-4-9-15/h5-7,10,14-15H,1-4,8-9,13H2. The number of hydrogen-bond donors (Lipinski definition) is 3. The lowest BCUT2D eigenvalue weighted by Gasteiger charge is -2.07. The van der Waals surface area contributed by atoms with Gasteiger partial charge in [-0.1, -0.05) is 18.9 Å². The van der Waals surface area contributed by atoms with Crippen LogP contribution in [0, 0.1) is 0 Å². The molecule has 5 nitrogen and oxygen atoms in total. The predicted octanol–water partition coefficient (Wildman–Crippen LogP) is 1.10. The van der Waals surface area contributed by atoms with Gasteiger partial charge in [-0.05, 0) is 31.0 Å². The topological polar surface area (TPSA) is 92.4 Å². The maximum Gasteiger partial charge on any atom is 0.240 e. The molecule has 0 aliphatic carbocycles. The van der Waals surface area contributed by atoms with Crippen molar-refractivity contribution >= 4 is 15.7 Å². The Kier molecular flexibility index (Phi) is 6.11. The van der Waals surface area contributed by atoms with E-state index in [1.54, 1.807) is 12.1 Å². The third-order valence-corrected chi connectivity index (χ3v) is 4.00. The molecule has 0 fully saturated rings. The van der Waals surface area contributed by atoms with Crippen LogP contribution in [0.1, 0.15) is 25.7 Å². The maximum atomic E-state index is 11.9. The summed E-state index contributed by atoms with van der Waals surface area (Å²) >= 11 is 0. The first-order chi connectivity index (χ1) is 8.56. The normalized spacial score (nSPS) is 11.6. The largest absolute Gasteiger partial charge is 0.399 e. The number of nitrogens with two attached hydrogens (primary N) is 1. The van der Waals surface area contributed by atoms with Gasteiger partial charge in [-0.3, -0.25) is 0 Å². The van der Waals surface area contributed by atoms with E-state index in [0.29, 0.717) is 12.2 Å². The second-order valence-electron chi connectivity index (χ2n) is 4.11. The molecule has 0 bridgehead atoms. The van der Waals surface area contributed by atoms with Gasteiger partial charge < -0.3 is 10.8 Å². The molecule has 0 radical (unpaired) electrons. The monoisotopic (exact) mass is 272 g/mol. The molecule has 6 heteroatoms. The predicted molar refractivity (Wildman–Crippen MR) is 71.6 cm³/mol. The van der Waals surface area contributed by atoms with Gasteiger partial charge in [0.15, 0.2) is 0 Å². The van der Waals surface area contributed by atoms with Crippen LogP contribution in [0.15, 0.2) is 29.2 Å². The highest BCUT2D eigenvalue weighted by molar-refractivity contribution is 7.89. The second-order valence-corrected chi connectivity index (χ2v) is 5.88. The van der Waals surface area contributed by atoms with E-state index >= 15 is 0 Å². The molecule has 1 aromatic carbocycles. The van der Waals surface area contributed by atoms with Crippen molar-refractivity contribution in [3.8, 4) is 0 Å². The van der Waals surface area contributed by atoms with Gasteiger partial charge in [-0.15, -0.1) is 0 Å². The molecule has 1 aromatic rings. The van der Waals surface area contributed by atoms with Gasteiger partial charge in [0.1, 0.15) is 0 Å². The molecule has 102 valence electrons. The van der Waals surface area contributed by atoms with Crippen LogP contribution in [0.25, 0.3) is 0 Å². The number of nitrogens with one attached hydrogen (secondary N) is 1. The summed E-state index contributed by atoms with van der Waals surface area (Å²) in [5.41, 5.74) is 5.98. The summed E-state index contributed by atoms with van der Waals surface area (Å²) in [4.78, 5) is 0.192. The van der Waals surface area contributed by atoms with Crippen molar-refractivity contribution in [2.75, 3.05) is 18.9 Å². The summed E-state index contributed by atoms with van der Waals surface area (Å²) in [5.74, 6) is 0. The molecule has 0 aromatic heterocycles. The minimum Gasteiger partial charge on any atom is -0.399 e. The molecule has 0 heterocycles. The number of rotatable bonds is 8. The van der Waals surface area contributed by atoms with Crippen LogP contribution in [-0.4, -0.2) is 26.7 Å². The Hall–Kier alpha value is -1.11. The van der Waals surface area contributed by atoms with Crippen molar-refractivity contribution in [1.29, 1.82) is 0 Å². The highest BCUT2D eigenvalue weighted by Crippen LogP contribution is 2.12. The lowest BCUT2D eigenvalue weighted by Crippen LogP contribution is -2.24. The van der Waals surface area contributed by atoms with E-state index in [4.69, 9.17) is 10.8 Å². The van der Waals surface area contributed by atoms with Crippen molar-refractivity contribution in [3.63, 3.8) is 0 Å². The van der Waals surface area contributed by atoms with Gasteiger partial charge in [-0.25, -0.2) is 13.1 Å². The molecule has 0 aliphatic rings. The molecule has 0 aliphatic heterocycles. The summed E-state index contributed by atoms with van der Waals surface area (Å²) in [6, 6.07) is 6.22. The molecular weight excluding hydrogens is 252 g/mol. The van der Waals surface area contributed by atoms with Gasteiger partial charge in [0.25, 0.3) is 0 Å². The highest BCUT2D eigenvalue weighted by Gasteiger charge is 2.12. The van der Waals surface area contributed by atoms with Gasteiger partial charge in [0.2, 0.25) is 10.0 Å². The molecule has 0 unspecified atom stereocenters. The Morgan fingerprint density at radius 1 is 1.17 bits per heavy atom. The van der Waals surface area contributed by atoms with Crippen LogP contribution in [0.4, 0.5) is 5.69 Å². The van der Waals surface area contributed by atoms with Crippen molar-refractivity contribution in [1.82, 2.24) is 4.72 Å². The number of sulfonamides is 1. The van der Waals surface area contributed by atoms with E-state index in [-0.39, 0.29) is 11.5 Å². The first kappa shape index (κ1) is 14.9. The third-order valence-electron chi connectivity index (χ3n) is 2.55. The summed E-state index contributed by atoms with van der Waals surface area (Å²) in [7, 11) is -3.45. The molecule has 0 atom stereocenters. The first-order valence-electron chi connectivity index (χ1n) is 6.02. The summed E-state index contributed by atoms with van der Waals surface area (Å²) in [5, 5.41) is 8.60. The summed E-state index contributed by atoms with van der Waals surface area (Å²) in [6.45, 7) is 0.595. The Balaban J connectivity index is 2.41. The lowest BCUT2D eigenvalue weighted by atomic mass is 10.2. The van der Waals surface area contributed by atoms with Crippen LogP contribution in [0.3, 0.4) is 0 Å². The lowest BCUT2D eigenvalue weighted by molar-refractivity contribution is 0.282. The van der Waals surface area contributed by atoms with Crippen molar-refractivity contribution < 1.29 is 13.5 Å². The Bertz CT molecular complexity index is 460. The van der Waals surface area contributed by atoms with E-state index < -0.39 is 10.0 Å². The summed E-state index contributed by atoms with van der Waals surface area (Å²) < 4.78 is 26.3. The van der Waals surface area contributed by atoms with Gasteiger partial charge in [0, 0.05) is 18.8 Å². The van der Waals surface area contributed by atoms with Crippen molar-refractivity contribution in [2.24, 2.45) is 0 Å². The fourth-order valence-electron chi connectivity index (χ4n) is 1.56. The fourth-order valence-corrected chi connectivity index (χ4v) is 2.69. The SMILES string of the molecule is Nc1cccc(S(=O)(=O)NCCCCCCO)c1. The summed E-state index contributed by atoms with van der Waals surface area (Å²) in [6.07, 6.45) is 3.35. The Labute approximate surface area is 108 Å². The van der Waals surface area contributed by atoms with Crippen LogP contribution in [0.2, 0.25) is 0 Å². The quantitative estimate of drug-likeness (QED) is 0.488. The number of anilines is 1. The number of nitrogen functional groups attached to an aromatic ring is 1. The fraction of sp³-hybridized carbons (Fsp3) is 0.500. The van der Waals surface area contributed by atoms with Crippen LogP contribution in [-0.2, 0) is 10.0 Å². The zero-order valence-electron chi connectivity index (χ0n) is 10.3. The Morgan fingerprint density at radius 2 is 1.89 bits per heavy atom. The van der Waals surface area contributed by atoms with E-state index in [0.717, 1.165) is 25.7 Å². The molecule has 18 heavy (non-hydrogen) atoms. The van der Waals surface area contributed by atoms with E-state index in [9.17, 15) is 8.42 Å². The number of unbranched alkanes of at least 4 members (excludes halogenated alkanes) is 3. The minimum absolute atomic E-state index is 0.190. The molecule has 4 N–H and O–H groups in total. The number of benzene rings is 1. The second kappa shape index (κ2) is 7.35. The molecule has 0 amide bonds. The number of aliphatic hydroxyl groups excluding tert-OH is 1. The zero-order valence-corrected chi connectivity index (χ0v) is 11.1. The van der Waals surface area contributed by atoms with Crippen molar-refractivity contribution in [3.05, 3.63) is 24.3 Å². The van der Waals surface area contributed by atoms with E-state index in [1.807, 2.05) is 0 Å². The first-order valence-corrected chi connectivity index (χ1v) is 7.50. The number of aliphatic hydroxyl groups is 1. The third kappa shape index (κ3) is 5.03. The van der Waals surface area contributed by atoms with E-state index in [2.05, 4.69) is 4.72 Å². The average molecular weight is 272 g/mol. The highest BCUT2D eigenvalue weighted by atomic mass is 32.2. The van der Waals surface area contributed by atoms with Crippen LogP contribution in [0.5, 0.6) is 0 Å². The molecule has 0 spiro atoms. The van der Waals surface area contributed by atoms with Gasteiger partial charge >= 0.3 is 0 Å². The molecule has 0 saturated carbocycles. The van der Waals surface area contributed by atoms with Crippen molar-refractivity contribution in [2.45, 2.75) is 30.6 Å². The number of hydrogen-bond acceptors (Lipinski definition) is 4. The molecule has 1 rings (SSSR count). The van der Waals surface area contributed by atoms with Gasteiger partial charge in [-0.2, -0.15) is 0 Å².